The molecule has 8 nitrogen and oxygen atoms in total. The minimum Gasteiger partial charge on any atom is -0.457 e. The van der Waals surface area contributed by atoms with E-state index < -0.39 is 5.95 Å². The summed E-state index contributed by atoms with van der Waals surface area (Å²) in [5, 5.41) is 0.472. The van der Waals surface area contributed by atoms with Gasteiger partial charge in [-0.05, 0) is 56.1 Å². The lowest BCUT2D eigenvalue weighted by Crippen LogP contribution is -2.28. The van der Waals surface area contributed by atoms with Gasteiger partial charge in [0.05, 0.1) is 11.4 Å². The predicted octanol–water partition coefficient (Wildman–Crippen LogP) is 5.04. The zero-order chi connectivity index (χ0) is 26.9. The molecule has 0 bridgehead atoms. The third kappa shape index (κ3) is 5.09. The van der Waals surface area contributed by atoms with Gasteiger partial charge in [-0.15, -0.1) is 0 Å². The first-order valence-corrected chi connectivity index (χ1v) is 13.3. The van der Waals surface area contributed by atoms with Gasteiger partial charge in [0.25, 0.3) is 0 Å². The molecule has 200 valence electrons. The number of likely N-dealkylation sites (tertiary alicyclic amines) is 1. The molecule has 1 unspecified atom stereocenters. The molecule has 4 aromatic rings. The Bertz CT molecular complexity index is 1510. The number of para-hydroxylation sites is 1. The Hall–Kier alpha value is -4.24. The summed E-state index contributed by atoms with van der Waals surface area (Å²) >= 11 is 0. The minimum absolute atomic E-state index is 0.0538. The molecule has 2 fully saturated rings. The third-order valence-corrected chi connectivity index (χ3v) is 7.54. The number of nitrogen functional groups attached to an aromatic ring is 1. The molecule has 2 aromatic heterocycles. The van der Waals surface area contributed by atoms with Gasteiger partial charge in [-0.1, -0.05) is 36.4 Å². The van der Waals surface area contributed by atoms with Crippen molar-refractivity contribution in [2.75, 3.05) is 32.4 Å². The molecule has 1 aliphatic carbocycles. The van der Waals surface area contributed by atoms with Crippen LogP contribution in [-0.2, 0) is 4.79 Å². The number of hydrogen-bond acceptors (Lipinski definition) is 6. The molecule has 39 heavy (non-hydrogen) atoms. The van der Waals surface area contributed by atoms with Crippen LogP contribution in [0.25, 0.3) is 22.2 Å². The summed E-state index contributed by atoms with van der Waals surface area (Å²) in [5.41, 5.74) is 7.68. The van der Waals surface area contributed by atoms with Gasteiger partial charge in [0, 0.05) is 37.3 Å². The first-order valence-electron chi connectivity index (χ1n) is 13.3. The van der Waals surface area contributed by atoms with Crippen LogP contribution in [0.3, 0.4) is 0 Å². The molecule has 0 spiro atoms. The van der Waals surface area contributed by atoms with Crippen molar-refractivity contribution in [3.63, 3.8) is 0 Å². The Labute approximate surface area is 226 Å². The van der Waals surface area contributed by atoms with E-state index in [1.807, 2.05) is 36.4 Å². The summed E-state index contributed by atoms with van der Waals surface area (Å²) in [4.78, 5) is 25.4. The highest BCUT2D eigenvalue weighted by Crippen LogP contribution is 2.39. The van der Waals surface area contributed by atoms with E-state index in [1.165, 1.54) is 19.2 Å². The zero-order valence-corrected chi connectivity index (χ0v) is 21.8. The van der Waals surface area contributed by atoms with Gasteiger partial charge in [-0.2, -0.15) is 4.39 Å². The zero-order valence-electron chi connectivity index (χ0n) is 21.8. The van der Waals surface area contributed by atoms with Crippen molar-refractivity contribution in [1.82, 2.24) is 24.3 Å². The number of rotatable bonds is 8. The first-order chi connectivity index (χ1) is 19.0. The van der Waals surface area contributed by atoms with Crippen LogP contribution < -0.4 is 10.5 Å². The van der Waals surface area contributed by atoms with Crippen molar-refractivity contribution in [2.24, 2.45) is 0 Å². The molecule has 0 radical (unpaired) electrons. The molecule has 1 atom stereocenters. The van der Waals surface area contributed by atoms with Crippen LogP contribution in [0.2, 0.25) is 0 Å². The maximum atomic E-state index is 16.2. The van der Waals surface area contributed by atoms with Crippen molar-refractivity contribution in [3.05, 3.63) is 79.0 Å². The van der Waals surface area contributed by atoms with Crippen molar-refractivity contribution in [1.29, 1.82) is 0 Å². The number of carbonyl (C=O) groups is 1. The van der Waals surface area contributed by atoms with E-state index >= 15 is 4.39 Å². The topological polar surface area (TPSA) is 89.5 Å². The average molecular weight is 527 g/mol. The number of aromatic nitrogens is 3. The molecule has 1 saturated carbocycles. The number of ether oxygens (including phenoxy) is 1. The standard InChI is InChI=1S/C30H31FN6O2/c1-35(21-11-12-21)16-5-8-25(38)36-17-15-22(18-36)37-28(31)26(27-29(32)33-19-34-30(27)37)20-9-13-24(14-10-20)39-23-6-3-2-4-7-23/h2-10,13-14,19,21-22H,11-12,15-18H2,1H3,(H2,32,33,34)/b8-5+. The molecule has 6 rings (SSSR count). The van der Waals surface area contributed by atoms with Crippen molar-refractivity contribution in [3.8, 4) is 22.6 Å². The number of fused-ring (bicyclic) bond motifs is 1. The summed E-state index contributed by atoms with van der Waals surface area (Å²) in [7, 11) is 2.08. The van der Waals surface area contributed by atoms with Crippen LogP contribution >= 0.6 is 0 Å². The Kier molecular flexibility index (Phi) is 6.74. The molecule has 2 aliphatic rings. The van der Waals surface area contributed by atoms with Gasteiger partial charge in [-0.3, -0.25) is 14.3 Å². The van der Waals surface area contributed by atoms with Crippen LogP contribution in [0.5, 0.6) is 11.5 Å². The van der Waals surface area contributed by atoms with Crippen LogP contribution in [0.15, 0.2) is 73.1 Å². The molecule has 2 aromatic carbocycles. The first kappa shape index (κ1) is 25.1. The molecule has 3 heterocycles. The van der Waals surface area contributed by atoms with E-state index in [9.17, 15) is 4.79 Å². The van der Waals surface area contributed by atoms with E-state index in [1.54, 1.807) is 39.8 Å². The van der Waals surface area contributed by atoms with E-state index in [2.05, 4.69) is 21.9 Å². The summed E-state index contributed by atoms with van der Waals surface area (Å²) in [6, 6.07) is 17.1. The fourth-order valence-electron chi connectivity index (χ4n) is 5.28. The smallest absolute Gasteiger partial charge is 0.246 e. The quantitative estimate of drug-likeness (QED) is 0.324. The SMILES string of the molecule is CN(C/C=C/C(=O)N1CCC(n2c(F)c(-c3ccc(Oc4ccccc4)cc3)c3c(N)ncnc32)C1)C1CC1. The van der Waals surface area contributed by atoms with Gasteiger partial charge >= 0.3 is 0 Å². The summed E-state index contributed by atoms with van der Waals surface area (Å²) < 4.78 is 23.7. The van der Waals surface area contributed by atoms with E-state index in [-0.39, 0.29) is 17.8 Å². The van der Waals surface area contributed by atoms with Crippen molar-refractivity contribution >= 4 is 22.8 Å². The number of nitrogens with two attached hydrogens (primary N) is 1. The van der Waals surface area contributed by atoms with Gasteiger partial charge in [0.15, 0.2) is 0 Å². The maximum absolute atomic E-state index is 16.2. The fourth-order valence-corrected chi connectivity index (χ4v) is 5.28. The van der Waals surface area contributed by atoms with E-state index in [0.29, 0.717) is 53.5 Å². The van der Waals surface area contributed by atoms with Crippen molar-refractivity contribution in [2.45, 2.75) is 31.3 Å². The number of halogens is 1. The van der Waals surface area contributed by atoms with Crippen LogP contribution in [0.4, 0.5) is 10.2 Å². The second kappa shape index (κ2) is 10.5. The molecule has 9 heteroatoms. The lowest BCUT2D eigenvalue weighted by molar-refractivity contribution is -0.125. The number of likely N-dealkylation sites (N-methyl/N-ethyl adjacent to an activating group) is 1. The highest BCUT2D eigenvalue weighted by atomic mass is 19.1. The summed E-state index contributed by atoms with van der Waals surface area (Å²) in [6.45, 7) is 1.70. The normalized spacial score (nSPS) is 17.5. The molecule has 1 saturated heterocycles. The Morgan fingerprint density at radius 2 is 1.85 bits per heavy atom. The second-order valence-corrected chi connectivity index (χ2v) is 10.2. The summed E-state index contributed by atoms with van der Waals surface area (Å²) in [5.74, 6) is 1.08. The molecule has 2 N–H and O–H groups in total. The lowest BCUT2D eigenvalue weighted by atomic mass is 10.1. The lowest BCUT2D eigenvalue weighted by Gasteiger charge is -2.17. The molecular formula is C30H31FN6O2. The number of nitrogens with zero attached hydrogens (tertiary/aromatic N) is 5. The highest BCUT2D eigenvalue weighted by Gasteiger charge is 2.32. The van der Waals surface area contributed by atoms with Gasteiger partial charge in [0.1, 0.15) is 29.3 Å². The minimum atomic E-state index is -0.435. The van der Waals surface area contributed by atoms with Gasteiger partial charge in [0.2, 0.25) is 11.9 Å². The monoisotopic (exact) mass is 526 g/mol. The second-order valence-electron chi connectivity index (χ2n) is 10.2. The summed E-state index contributed by atoms with van der Waals surface area (Å²) in [6.07, 6.45) is 7.97. The predicted molar refractivity (Wildman–Crippen MR) is 149 cm³/mol. The Morgan fingerprint density at radius 3 is 2.59 bits per heavy atom. The number of benzene rings is 2. The number of anilines is 1. The van der Waals surface area contributed by atoms with E-state index in [4.69, 9.17) is 10.5 Å². The molecule has 1 amide bonds. The van der Waals surface area contributed by atoms with Crippen LogP contribution in [-0.4, -0.2) is 63.0 Å². The number of hydrogen-bond donors (Lipinski definition) is 1. The van der Waals surface area contributed by atoms with Crippen LogP contribution in [0, 0.1) is 5.95 Å². The number of amides is 1. The average Bonchev–Trinajstić information content (AvgIpc) is 3.61. The van der Waals surface area contributed by atoms with Crippen molar-refractivity contribution < 1.29 is 13.9 Å². The fraction of sp³-hybridized carbons (Fsp3) is 0.300. The Balaban J connectivity index is 1.25. The molecular weight excluding hydrogens is 495 g/mol. The maximum Gasteiger partial charge on any atom is 0.246 e. The van der Waals surface area contributed by atoms with Gasteiger partial charge in [-0.25, -0.2) is 9.97 Å². The largest absolute Gasteiger partial charge is 0.457 e. The Morgan fingerprint density at radius 1 is 1.10 bits per heavy atom. The highest BCUT2D eigenvalue weighted by molar-refractivity contribution is 6.01. The van der Waals surface area contributed by atoms with Gasteiger partial charge < -0.3 is 15.4 Å². The van der Waals surface area contributed by atoms with E-state index in [0.717, 1.165) is 12.3 Å². The molecule has 1 aliphatic heterocycles. The third-order valence-electron chi connectivity index (χ3n) is 7.54. The van der Waals surface area contributed by atoms with Crippen LogP contribution in [0.1, 0.15) is 25.3 Å². The number of carbonyl (C=O) groups excluding carboxylic acids is 1.